The number of esters is 1. The van der Waals surface area contributed by atoms with Crippen LogP contribution in [0.15, 0.2) is 24.3 Å². The van der Waals surface area contributed by atoms with Gasteiger partial charge in [-0.2, -0.15) is 0 Å². The van der Waals surface area contributed by atoms with Crippen molar-refractivity contribution in [2.75, 3.05) is 20.6 Å². The molecule has 0 radical (unpaired) electrons. The summed E-state index contributed by atoms with van der Waals surface area (Å²) in [7, 11) is 3.55. The number of carbonyl (C=O) groups excluding carboxylic acids is 5. The lowest BCUT2D eigenvalue weighted by atomic mass is 9.77. The van der Waals surface area contributed by atoms with E-state index in [4.69, 9.17) is 10.5 Å². The zero-order valence-electron chi connectivity index (χ0n) is 28.9. The highest BCUT2D eigenvalue weighted by Crippen LogP contribution is 2.30. The fourth-order valence-electron chi connectivity index (χ4n) is 5.01. The molecule has 0 aromatic heterocycles. The van der Waals surface area contributed by atoms with Gasteiger partial charge in [-0.15, -0.1) is 0 Å². The lowest BCUT2D eigenvalue weighted by Gasteiger charge is -2.38. The molecule has 4 atom stereocenters. The minimum Gasteiger partial charge on any atom is -0.426 e. The molecule has 0 aliphatic carbocycles. The standard InChI is InChI=1S/C34H57N5O6/c1-10-13-14-15-27(40)36-26(20-24-16-18-25(19-17-24)45-28(41)21-39(8)9)30(42)37-29(23(4)11-2)31(43)38-34(7,12-3)22-33(5,6)32(35)44/h16-19,23,26,29H,10-15,20-22H2,1-9H3,(H2,35,44)(H,36,40)(H,37,42)(H,38,43). The van der Waals surface area contributed by atoms with Crippen LogP contribution in [-0.2, 0) is 30.4 Å². The Balaban J connectivity index is 3.21. The number of hydrogen-bond acceptors (Lipinski definition) is 7. The van der Waals surface area contributed by atoms with E-state index in [0.29, 0.717) is 31.4 Å². The minimum atomic E-state index is -0.938. The highest BCUT2D eigenvalue weighted by Gasteiger charge is 2.38. The van der Waals surface area contributed by atoms with E-state index in [2.05, 4.69) is 16.0 Å². The zero-order valence-corrected chi connectivity index (χ0v) is 28.9. The Morgan fingerprint density at radius 3 is 2.07 bits per heavy atom. The Bertz CT molecular complexity index is 1140. The zero-order chi connectivity index (χ0) is 34.4. The van der Waals surface area contributed by atoms with E-state index in [1.54, 1.807) is 57.1 Å². The Morgan fingerprint density at radius 1 is 0.933 bits per heavy atom. The van der Waals surface area contributed by atoms with Crippen molar-refractivity contribution in [2.45, 2.75) is 117 Å². The van der Waals surface area contributed by atoms with Crippen LogP contribution in [0.1, 0.15) is 99.0 Å². The van der Waals surface area contributed by atoms with E-state index >= 15 is 0 Å². The van der Waals surface area contributed by atoms with E-state index in [1.807, 2.05) is 34.6 Å². The third-order valence-corrected chi connectivity index (χ3v) is 8.20. The van der Waals surface area contributed by atoms with Crippen molar-refractivity contribution in [3.63, 3.8) is 0 Å². The number of nitrogens with one attached hydrogen (secondary N) is 3. The summed E-state index contributed by atoms with van der Waals surface area (Å²) in [5.74, 6) is -1.76. The predicted molar refractivity (Wildman–Crippen MR) is 176 cm³/mol. The Hall–Kier alpha value is -3.47. The lowest BCUT2D eigenvalue weighted by molar-refractivity contribution is -0.135. The fourth-order valence-corrected chi connectivity index (χ4v) is 5.01. The van der Waals surface area contributed by atoms with Gasteiger partial charge in [0.1, 0.15) is 17.8 Å². The first-order valence-corrected chi connectivity index (χ1v) is 16.1. The number of amides is 4. The summed E-state index contributed by atoms with van der Waals surface area (Å²) in [6.07, 6.45) is 4.53. The van der Waals surface area contributed by atoms with Gasteiger partial charge in [-0.25, -0.2) is 0 Å². The van der Waals surface area contributed by atoms with Crippen LogP contribution >= 0.6 is 0 Å². The van der Waals surface area contributed by atoms with Crippen molar-refractivity contribution in [1.29, 1.82) is 0 Å². The van der Waals surface area contributed by atoms with E-state index in [9.17, 15) is 24.0 Å². The molecule has 0 bridgehead atoms. The van der Waals surface area contributed by atoms with E-state index in [1.165, 1.54) is 0 Å². The molecule has 0 saturated heterocycles. The summed E-state index contributed by atoms with van der Waals surface area (Å²) in [6, 6.07) is 4.97. The van der Waals surface area contributed by atoms with Gasteiger partial charge in [-0.1, -0.05) is 72.9 Å². The van der Waals surface area contributed by atoms with Crippen molar-refractivity contribution in [2.24, 2.45) is 17.1 Å². The van der Waals surface area contributed by atoms with Crippen molar-refractivity contribution in [3.8, 4) is 5.75 Å². The molecule has 0 spiro atoms. The molecule has 4 amide bonds. The van der Waals surface area contributed by atoms with Crippen LogP contribution < -0.4 is 26.4 Å². The maximum Gasteiger partial charge on any atom is 0.325 e. The van der Waals surface area contributed by atoms with Crippen LogP contribution in [0.4, 0.5) is 0 Å². The topological polar surface area (TPSA) is 160 Å². The number of nitrogens with two attached hydrogens (primary N) is 1. The maximum atomic E-state index is 13.8. The van der Waals surface area contributed by atoms with Crippen LogP contribution in [0.25, 0.3) is 0 Å². The third-order valence-electron chi connectivity index (χ3n) is 8.20. The normalized spacial score (nSPS) is 14.9. The molecule has 5 N–H and O–H groups in total. The number of primary amides is 1. The van der Waals surface area contributed by atoms with E-state index in [0.717, 1.165) is 18.4 Å². The molecule has 4 unspecified atom stereocenters. The Kier molecular flexibility index (Phi) is 16.2. The molecule has 1 rings (SSSR count). The van der Waals surface area contributed by atoms with Gasteiger partial charge in [0.05, 0.1) is 6.54 Å². The molecule has 45 heavy (non-hydrogen) atoms. The van der Waals surface area contributed by atoms with E-state index < -0.39 is 40.8 Å². The van der Waals surface area contributed by atoms with Gasteiger partial charge in [0.15, 0.2) is 0 Å². The number of carbonyl (C=O) groups is 5. The lowest BCUT2D eigenvalue weighted by Crippen LogP contribution is -2.60. The number of hydrogen-bond donors (Lipinski definition) is 4. The number of nitrogens with zero attached hydrogens (tertiary/aromatic N) is 1. The summed E-state index contributed by atoms with van der Waals surface area (Å²) < 4.78 is 5.36. The Labute approximate surface area is 269 Å². The summed E-state index contributed by atoms with van der Waals surface area (Å²) in [4.78, 5) is 66.1. The van der Waals surface area contributed by atoms with Gasteiger partial charge < -0.3 is 26.4 Å². The first-order valence-electron chi connectivity index (χ1n) is 16.1. The number of likely N-dealkylation sites (N-methyl/N-ethyl adjacent to an activating group) is 1. The highest BCUT2D eigenvalue weighted by atomic mass is 16.5. The van der Waals surface area contributed by atoms with Gasteiger partial charge >= 0.3 is 5.97 Å². The van der Waals surface area contributed by atoms with Crippen molar-refractivity contribution >= 4 is 29.6 Å². The second-order valence-corrected chi connectivity index (χ2v) is 13.3. The molecule has 11 nitrogen and oxygen atoms in total. The molecule has 0 heterocycles. The van der Waals surface area contributed by atoms with Gasteiger partial charge in [0.25, 0.3) is 0 Å². The number of unbranched alkanes of at least 4 members (excludes halogenated alkanes) is 2. The predicted octanol–water partition coefficient (Wildman–Crippen LogP) is 3.48. The molecular weight excluding hydrogens is 574 g/mol. The quantitative estimate of drug-likeness (QED) is 0.0974. The van der Waals surface area contributed by atoms with Crippen LogP contribution in [0.2, 0.25) is 0 Å². The van der Waals surface area contributed by atoms with Crippen LogP contribution in [-0.4, -0.2) is 72.8 Å². The number of benzene rings is 1. The molecule has 0 aliphatic rings. The van der Waals surface area contributed by atoms with Crippen molar-refractivity contribution < 1.29 is 28.7 Å². The highest BCUT2D eigenvalue weighted by molar-refractivity contribution is 5.92. The molecule has 0 saturated carbocycles. The molecular formula is C34H57N5O6. The number of ether oxygens (including phenoxy) is 1. The van der Waals surface area contributed by atoms with E-state index in [-0.39, 0.29) is 37.1 Å². The average Bonchev–Trinajstić information content (AvgIpc) is 2.95. The summed E-state index contributed by atoms with van der Waals surface area (Å²) in [6.45, 7) is 13.3. The second-order valence-electron chi connectivity index (χ2n) is 13.3. The van der Waals surface area contributed by atoms with Gasteiger partial charge in [0.2, 0.25) is 23.6 Å². The maximum absolute atomic E-state index is 13.8. The van der Waals surface area contributed by atoms with Gasteiger partial charge in [-0.3, -0.25) is 28.9 Å². The minimum absolute atomic E-state index is 0.138. The second kappa shape index (κ2) is 18.5. The summed E-state index contributed by atoms with van der Waals surface area (Å²) >= 11 is 0. The fraction of sp³-hybridized carbons (Fsp3) is 0.676. The van der Waals surface area contributed by atoms with Gasteiger partial charge in [-0.05, 0) is 63.9 Å². The monoisotopic (exact) mass is 631 g/mol. The summed E-state index contributed by atoms with van der Waals surface area (Å²) in [5, 5.41) is 8.87. The largest absolute Gasteiger partial charge is 0.426 e. The summed E-state index contributed by atoms with van der Waals surface area (Å²) in [5.41, 5.74) is 4.77. The average molecular weight is 632 g/mol. The molecule has 1 aromatic carbocycles. The number of rotatable bonds is 20. The van der Waals surface area contributed by atoms with Crippen molar-refractivity contribution in [1.82, 2.24) is 20.9 Å². The van der Waals surface area contributed by atoms with Crippen LogP contribution in [0.3, 0.4) is 0 Å². The smallest absolute Gasteiger partial charge is 0.325 e. The first-order chi connectivity index (χ1) is 21.0. The molecule has 0 aliphatic heterocycles. The SMILES string of the molecule is CCCCCC(=O)NC(Cc1ccc(OC(=O)CN(C)C)cc1)C(=O)NC(C(=O)NC(C)(CC)CC(C)(C)C(N)=O)C(C)CC. The van der Waals surface area contributed by atoms with Gasteiger partial charge in [0, 0.05) is 23.8 Å². The van der Waals surface area contributed by atoms with Crippen LogP contribution in [0, 0.1) is 11.3 Å². The third kappa shape index (κ3) is 14.0. The Morgan fingerprint density at radius 2 is 1.56 bits per heavy atom. The first kappa shape index (κ1) is 39.6. The molecule has 254 valence electrons. The molecule has 0 fully saturated rings. The van der Waals surface area contributed by atoms with Crippen molar-refractivity contribution in [3.05, 3.63) is 29.8 Å². The molecule has 1 aromatic rings. The molecule has 11 heteroatoms. The van der Waals surface area contributed by atoms with Crippen LogP contribution in [0.5, 0.6) is 5.75 Å².